The third-order valence-corrected chi connectivity index (χ3v) is 4.68. The summed E-state index contributed by atoms with van der Waals surface area (Å²) in [5.41, 5.74) is 1.68. The van der Waals surface area contributed by atoms with Crippen molar-refractivity contribution in [1.82, 2.24) is 19.7 Å². The second kappa shape index (κ2) is 9.54. The molecule has 7 nitrogen and oxygen atoms in total. The zero-order valence-electron chi connectivity index (χ0n) is 15.7. The van der Waals surface area contributed by atoms with Crippen molar-refractivity contribution in [2.24, 2.45) is 0 Å². The van der Waals surface area contributed by atoms with Crippen LogP contribution >= 0.6 is 23.2 Å². The molecule has 1 aromatic heterocycles. The number of anilines is 1. The third kappa shape index (κ3) is 5.34. The van der Waals surface area contributed by atoms with Gasteiger partial charge in [0.1, 0.15) is 19.2 Å². The molecule has 0 radical (unpaired) electrons. The fraction of sp³-hybridized carbons (Fsp3) is 0.200. The zero-order valence-corrected chi connectivity index (χ0v) is 17.2. The Morgan fingerprint density at radius 3 is 2.55 bits per heavy atom. The molecule has 0 bridgehead atoms. The smallest absolute Gasteiger partial charge is 0.254 e. The van der Waals surface area contributed by atoms with Crippen molar-refractivity contribution in [2.75, 3.05) is 18.4 Å². The Kier molecular flexibility index (Phi) is 6.85. The van der Waals surface area contributed by atoms with Crippen molar-refractivity contribution in [3.05, 3.63) is 70.7 Å². The highest BCUT2D eigenvalue weighted by molar-refractivity contribution is 6.35. The molecule has 3 aromatic rings. The first kappa shape index (κ1) is 20.8. The van der Waals surface area contributed by atoms with Crippen molar-refractivity contribution >= 4 is 40.7 Å². The largest absolute Gasteiger partial charge is 0.329 e. The summed E-state index contributed by atoms with van der Waals surface area (Å²) in [4.78, 5) is 30.8. The monoisotopic (exact) mass is 431 g/mol. The number of halogens is 2. The van der Waals surface area contributed by atoms with Crippen LogP contribution in [0, 0.1) is 0 Å². The summed E-state index contributed by atoms with van der Waals surface area (Å²) in [6.07, 6.45) is 3.73. The topological polar surface area (TPSA) is 80.1 Å². The predicted molar refractivity (Wildman–Crippen MR) is 113 cm³/mol. The van der Waals surface area contributed by atoms with Crippen LogP contribution in [0.25, 0.3) is 5.69 Å². The average molecular weight is 432 g/mol. The van der Waals surface area contributed by atoms with Gasteiger partial charge in [0.2, 0.25) is 5.91 Å². The number of carbonyl (C=O) groups is 2. The zero-order chi connectivity index (χ0) is 20.8. The van der Waals surface area contributed by atoms with E-state index in [1.54, 1.807) is 53.5 Å². The summed E-state index contributed by atoms with van der Waals surface area (Å²) in [7, 11) is 0. The van der Waals surface area contributed by atoms with Crippen LogP contribution in [0.1, 0.15) is 23.7 Å². The van der Waals surface area contributed by atoms with Gasteiger partial charge in [-0.05, 0) is 48.9 Å². The molecule has 29 heavy (non-hydrogen) atoms. The van der Waals surface area contributed by atoms with Crippen LogP contribution in [0.2, 0.25) is 10.0 Å². The molecule has 0 aliphatic heterocycles. The highest BCUT2D eigenvalue weighted by atomic mass is 35.5. The normalized spacial score (nSPS) is 10.6. The first-order chi connectivity index (χ1) is 14.0. The Bertz CT molecular complexity index is 991. The van der Waals surface area contributed by atoms with E-state index in [4.69, 9.17) is 23.2 Å². The van der Waals surface area contributed by atoms with Crippen LogP contribution in [-0.4, -0.2) is 44.6 Å². The molecule has 0 unspecified atom stereocenters. The van der Waals surface area contributed by atoms with Crippen LogP contribution < -0.4 is 5.32 Å². The van der Waals surface area contributed by atoms with Gasteiger partial charge in [0.15, 0.2) is 0 Å². The summed E-state index contributed by atoms with van der Waals surface area (Å²) < 4.78 is 1.60. The number of nitrogens with zero attached hydrogens (tertiary/aromatic N) is 4. The molecule has 1 heterocycles. The molecule has 0 aliphatic carbocycles. The van der Waals surface area contributed by atoms with Gasteiger partial charge in [-0.3, -0.25) is 9.59 Å². The molecule has 9 heteroatoms. The van der Waals surface area contributed by atoms with Crippen molar-refractivity contribution < 1.29 is 9.59 Å². The van der Waals surface area contributed by atoms with E-state index in [1.165, 1.54) is 11.2 Å². The number of rotatable bonds is 7. The molecule has 0 spiro atoms. The van der Waals surface area contributed by atoms with Crippen LogP contribution in [-0.2, 0) is 4.79 Å². The minimum Gasteiger partial charge on any atom is -0.329 e. The fourth-order valence-electron chi connectivity index (χ4n) is 2.76. The Morgan fingerprint density at radius 2 is 1.90 bits per heavy atom. The number of carbonyl (C=O) groups excluding carboxylic acids is 2. The molecule has 2 amide bonds. The second-order valence-corrected chi connectivity index (χ2v) is 7.13. The minimum atomic E-state index is -0.352. The number of benzene rings is 2. The van der Waals surface area contributed by atoms with E-state index >= 15 is 0 Å². The van der Waals surface area contributed by atoms with Gasteiger partial charge < -0.3 is 10.2 Å². The maximum absolute atomic E-state index is 12.9. The summed E-state index contributed by atoms with van der Waals surface area (Å²) >= 11 is 12.0. The Balaban J connectivity index is 1.70. The summed E-state index contributed by atoms with van der Waals surface area (Å²) in [6.45, 7) is 2.29. The van der Waals surface area contributed by atoms with E-state index in [1.807, 2.05) is 6.92 Å². The van der Waals surface area contributed by atoms with Gasteiger partial charge in [0.05, 0.1) is 16.4 Å². The number of amides is 2. The van der Waals surface area contributed by atoms with Crippen LogP contribution in [0.5, 0.6) is 0 Å². The molecule has 2 aromatic carbocycles. The van der Waals surface area contributed by atoms with Gasteiger partial charge in [-0.2, -0.15) is 5.10 Å². The molecule has 0 saturated carbocycles. The van der Waals surface area contributed by atoms with E-state index in [2.05, 4.69) is 15.4 Å². The van der Waals surface area contributed by atoms with E-state index in [9.17, 15) is 9.59 Å². The Labute approximate surface area is 178 Å². The first-order valence-electron chi connectivity index (χ1n) is 8.97. The van der Waals surface area contributed by atoms with E-state index in [0.29, 0.717) is 34.3 Å². The van der Waals surface area contributed by atoms with Gasteiger partial charge in [0.25, 0.3) is 5.91 Å². The van der Waals surface area contributed by atoms with E-state index in [0.717, 1.165) is 5.69 Å². The van der Waals surface area contributed by atoms with Crippen molar-refractivity contribution in [1.29, 1.82) is 0 Å². The second-order valence-electron chi connectivity index (χ2n) is 6.29. The minimum absolute atomic E-state index is 0.0969. The first-order valence-corrected chi connectivity index (χ1v) is 9.72. The van der Waals surface area contributed by atoms with Gasteiger partial charge in [-0.1, -0.05) is 30.1 Å². The highest BCUT2D eigenvalue weighted by Gasteiger charge is 2.19. The van der Waals surface area contributed by atoms with Crippen molar-refractivity contribution in [3.8, 4) is 5.69 Å². The average Bonchev–Trinajstić information content (AvgIpc) is 3.25. The van der Waals surface area contributed by atoms with Crippen LogP contribution in [0.4, 0.5) is 5.69 Å². The predicted octanol–water partition coefficient (Wildman–Crippen LogP) is 4.07. The standard InChI is InChI=1S/C20H19Cl2N5O2/c1-2-9-26(11-19(28)25-18-10-15(21)5-8-17(18)22)20(29)14-3-6-16(7-4-14)27-13-23-12-24-27/h3-8,10,12-13H,2,9,11H2,1H3,(H,25,28). The van der Waals surface area contributed by atoms with E-state index < -0.39 is 0 Å². The lowest BCUT2D eigenvalue weighted by Crippen LogP contribution is -2.38. The quantitative estimate of drug-likeness (QED) is 0.611. The van der Waals surface area contributed by atoms with Gasteiger partial charge in [0, 0.05) is 17.1 Å². The van der Waals surface area contributed by atoms with Gasteiger partial charge in [-0.15, -0.1) is 0 Å². The van der Waals surface area contributed by atoms with Crippen LogP contribution in [0.3, 0.4) is 0 Å². The lowest BCUT2D eigenvalue weighted by molar-refractivity contribution is -0.116. The molecular formula is C20H19Cl2N5O2. The molecule has 0 atom stereocenters. The maximum atomic E-state index is 12.9. The Morgan fingerprint density at radius 1 is 1.14 bits per heavy atom. The Hall–Kier alpha value is -2.90. The lowest BCUT2D eigenvalue weighted by Gasteiger charge is -2.22. The molecule has 3 rings (SSSR count). The fourth-order valence-corrected chi connectivity index (χ4v) is 3.10. The lowest BCUT2D eigenvalue weighted by atomic mass is 10.1. The molecule has 0 aliphatic rings. The highest BCUT2D eigenvalue weighted by Crippen LogP contribution is 2.25. The van der Waals surface area contributed by atoms with Gasteiger partial charge >= 0.3 is 0 Å². The summed E-state index contributed by atoms with van der Waals surface area (Å²) in [6, 6.07) is 11.8. The maximum Gasteiger partial charge on any atom is 0.254 e. The number of nitrogens with one attached hydrogen (secondary N) is 1. The molecule has 1 N–H and O–H groups in total. The third-order valence-electron chi connectivity index (χ3n) is 4.12. The molecular weight excluding hydrogens is 413 g/mol. The van der Waals surface area contributed by atoms with Crippen molar-refractivity contribution in [2.45, 2.75) is 13.3 Å². The number of hydrogen-bond acceptors (Lipinski definition) is 4. The SMILES string of the molecule is CCCN(CC(=O)Nc1cc(Cl)ccc1Cl)C(=O)c1ccc(-n2cncn2)cc1. The van der Waals surface area contributed by atoms with E-state index in [-0.39, 0.29) is 18.4 Å². The van der Waals surface area contributed by atoms with Crippen molar-refractivity contribution in [3.63, 3.8) is 0 Å². The molecule has 0 fully saturated rings. The summed E-state index contributed by atoms with van der Waals surface area (Å²) in [5, 5.41) is 7.59. The summed E-state index contributed by atoms with van der Waals surface area (Å²) in [5.74, 6) is -0.584. The van der Waals surface area contributed by atoms with Crippen LogP contribution in [0.15, 0.2) is 55.1 Å². The number of hydrogen-bond donors (Lipinski definition) is 1. The number of aromatic nitrogens is 3. The van der Waals surface area contributed by atoms with Gasteiger partial charge in [-0.25, -0.2) is 9.67 Å². The molecule has 150 valence electrons. The molecule has 0 saturated heterocycles.